The number of carbonyl (C=O) groups excluding carboxylic acids is 1. The predicted molar refractivity (Wildman–Crippen MR) is 86.8 cm³/mol. The molecule has 0 spiro atoms. The van der Waals surface area contributed by atoms with Crippen molar-refractivity contribution in [2.45, 2.75) is 57.7 Å². The van der Waals surface area contributed by atoms with Crippen molar-refractivity contribution in [2.75, 3.05) is 6.26 Å². The highest BCUT2D eigenvalue weighted by Crippen LogP contribution is 2.25. The summed E-state index contributed by atoms with van der Waals surface area (Å²) < 4.78 is 5.89. The lowest BCUT2D eigenvalue weighted by atomic mass is 9.89. The summed E-state index contributed by atoms with van der Waals surface area (Å²) in [5.74, 6) is 0.678. The zero-order chi connectivity index (χ0) is 15.2. The first-order chi connectivity index (χ1) is 10.1. The fraction of sp³-hybridized carbons (Fsp3) is 0.625. The summed E-state index contributed by atoms with van der Waals surface area (Å²) in [5, 5.41) is 3.72. The number of hydrogen-bond acceptors (Lipinski definition) is 5. The number of aryl methyl sites for hydroxylation is 1. The Labute approximate surface area is 131 Å². The largest absolute Gasteiger partial charge is 0.474 e. The second-order valence-electron chi connectivity index (χ2n) is 5.81. The summed E-state index contributed by atoms with van der Waals surface area (Å²) in [6, 6.07) is 4.99. The van der Waals surface area contributed by atoms with Crippen molar-refractivity contribution in [3.63, 3.8) is 0 Å². The lowest BCUT2D eigenvalue weighted by Crippen LogP contribution is -2.49. The van der Waals surface area contributed by atoms with Crippen LogP contribution in [0.1, 0.15) is 38.7 Å². The zero-order valence-electron chi connectivity index (χ0n) is 13.0. The zero-order valence-corrected chi connectivity index (χ0v) is 13.8. The van der Waals surface area contributed by atoms with Gasteiger partial charge in [-0.15, -0.1) is 0 Å². The number of nitrogens with zero attached hydrogens (tertiary/aromatic N) is 1. The van der Waals surface area contributed by atoms with Crippen LogP contribution in [0.15, 0.2) is 18.3 Å². The van der Waals surface area contributed by atoms with Crippen molar-refractivity contribution in [2.24, 2.45) is 0 Å². The van der Waals surface area contributed by atoms with Crippen LogP contribution in [0.3, 0.4) is 0 Å². The quantitative estimate of drug-likeness (QED) is 0.839. The van der Waals surface area contributed by atoms with Gasteiger partial charge in [0.15, 0.2) is 5.12 Å². The maximum atomic E-state index is 11.3. The van der Waals surface area contributed by atoms with Crippen molar-refractivity contribution in [3.8, 4) is 5.88 Å². The Hall–Kier alpha value is -1.07. The van der Waals surface area contributed by atoms with E-state index in [1.54, 1.807) is 6.20 Å². The molecule has 1 aromatic heterocycles. The highest BCUT2D eigenvalue weighted by atomic mass is 32.2. The van der Waals surface area contributed by atoms with Crippen LogP contribution in [0.4, 0.5) is 0 Å². The number of pyridine rings is 1. The van der Waals surface area contributed by atoms with E-state index >= 15 is 0 Å². The number of rotatable bonds is 7. The smallest absolute Gasteiger partial charge is 0.213 e. The average Bonchev–Trinajstić information content (AvgIpc) is 2.42. The second-order valence-corrected chi connectivity index (χ2v) is 6.67. The number of ether oxygens (including phenoxy) is 1. The van der Waals surface area contributed by atoms with E-state index in [9.17, 15) is 4.79 Å². The van der Waals surface area contributed by atoms with E-state index in [1.807, 2.05) is 18.4 Å². The summed E-state index contributed by atoms with van der Waals surface area (Å²) >= 11 is 1.28. The van der Waals surface area contributed by atoms with E-state index in [1.165, 1.54) is 11.8 Å². The third-order valence-electron chi connectivity index (χ3n) is 3.60. The maximum Gasteiger partial charge on any atom is 0.213 e. The Morgan fingerprint density at radius 2 is 2.29 bits per heavy atom. The van der Waals surface area contributed by atoms with Crippen molar-refractivity contribution in [3.05, 3.63) is 23.9 Å². The highest BCUT2D eigenvalue weighted by Gasteiger charge is 2.31. The Balaban J connectivity index is 1.78. The molecule has 116 valence electrons. The lowest BCUT2D eigenvalue weighted by Gasteiger charge is -2.36. The standard InChI is InChI=1S/C16H24N2O2S/c1-11(2)18-13-9-14(10-13)20-15-8-12(6-7-17-15)4-5-16(19)21-3/h6-8,11,13-14,18H,4-5,9-10H2,1-3H3. The first-order valence-electron chi connectivity index (χ1n) is 7.51. The first-order valence-corrected chi connectivity index (χ1v) is 8.73. The molecule has 21 heavy (non-hydrogen) atoms. The molecule has 0 bridgehead atoms. The molecule has 1 aliphatic rings. The van der Waals surface area contributed by atoms with E-state index in [0.29, 0.717) is 24.4 Å². The Morgan fingerprint density at radius 3 is 2.95 bits per heavy atom. The lowest BCUT2D eigenvalue weighted by molar-refractivity contribution is -0.110. The molecule has 1 heterocycles. The third kappa shape index (κ3) is 5.32. The molecular formula is C16H24N2O2S. The molecule has 0 unspecified atom stereocenters. The first kappa shape index (κ1) is 16.3. The van der Waals surface area contributed by atoms with Crippen LogP contribution >= 0.6 is 11.8 Å². The molecule has 2 rings (SSSR count). The second kappa shape index (κ2) is 7.80. The van der Waals surface area contributed by atoms with Crippen LogP contribution < -0.4 is 10.1 Å². The molecule has 1 aromatic rings. The molecule has 5 heteroatoms. The molecule has 1 aliphatic carbocycles. The number of thioether (sulfide) groups is 1. The SMILES string of the molecule is CSC(=O)CCc1ccnc(OC2CC(NC(C)C)C2)c1. The van der Waals surface area contributed by atoms with Gasteiger partial charge in [0.1, 0.15) is 6.10 Å². The van der Waals surface area contributed by atoms with E-state index in [4.69, 9.17) is 4.74 Å². The van der Waals surface area contributed by atoms with Crippen molar-refractivity contribution < 1.29 is 9.53 Å². The molecule has 0 atom stereocenters. The predicted octanol–water partition coefficient (Wildman–Crippen LogP) is 2.81. The molecule has 0 aliphatic heterocycles. The molecule has 0 radical (unpaired) electrons. The normalized spacial score (nSPS) is 21.1. The fourth-order valence-corrected chi connectivity index (χ4v) is 2.77. The molecule has 4 nitrogen and oxygen atoms in total. The highest BCUT2D eigenvalue weighted by molar-refractivity contribution is 8.13. The van der Waals surface area contributed by atoms with Crippen LogP contribution in [-0.4, -0.2) is 34.5 Å². The van der Waals surface area contributed by atoms with Gasteiger partial charge >= 0.3 is 0 Å². The minimum absolute atomic E-state index is 0.218. The third-order valence-corrected chi connectivity index (χ3v) is 4.26. The van der Waals surface area contributed by atoms with Crippen LogP contribution in [0.25, 0.3) is 0 Å². The van der Waals surface area contributed by atoms with E-state index in [0.717, 1.165) is 24.8 Å². The summed E-state index contributed by atoms with van der Waals surface area (Å²) in [6.07, 6.45) is 7.23. The van der Waals surface area contributed by atoms with Gasteiger partial charge in [0, 0.05) is 30.8 Å². The summed E-state index contributed by atoms with van der Waals surface area (Å²) in [7, 11) is 0. The molecule has 0 amide bonds. The Bertz CT molecular complexity index is 473. The number of hydrogen-bond donors (Lipinski definition) is 1. The monoisotopic (exact) mass is 308 g/mol. The Morgan fingerprint density at radius 1 is 1.52 bits per heavy atom. The molecule has 0 saturated heterocycles. The van der Waals surface area contributed by atoms with Gasteiger partial charge in [0.25, 0.3) is 0 Å². The van der Waals surface area contributed by atoms with Gasteiger partial charge < -0.3 is 10.1 Å². The number of nitrogens with one attached hydrogen (secondary N) is 1. The minimum Gasteiger partial charge on any atom is -0.474 e. The minimum atomic E-state index is 0.218. The van der Waals surface area contributed by atoms with Gasteiger partial charge in [-0.3, -0.25) is 4.79 Å². The van der Waals surface area contributed by atoms with E-state index < -0.39 is 0 Å². The summed E-state index contributed by atoms with van der Waals surface area (Å²) in [4.78, 5) is 15.6. The van der Waals surface area contributed by atoms with Crippen LogP contribution in [-0.2, 0) is 11.2 Å². The van der Waals surface area contributed by atoms with Gasteiger partial charge in [-0.25, -0.2) is 4.98 Å². The van der Waals surface area contributed by atoms with E-state index in [2.05, 4.69) is 24.1 Å². The summed E-state index contributed by atoms with van der Waals surface area (Å²) in [5.41, 5.74) is 1.11. The van der Waals surface area contributed by atoms with Gasteiger partial charge in [-0.2, -0.15) is 0 Å². The van der Waals surface area contributed by atoms with Crippen molar-refractivity contribution >= 4 is 16.9 Å². The molecule has 1 saturated carbocycles. The average molecular weight is 308 g/mol. The van der Waals surface area contributed by atoms with Crippen LogP contribution in [0.2, 0.25) is 0 Å². The van der Waals surface area contributed by atoms with Gasteiger partial charge in [-0.05, 0) is 37.1 Å². The van der Waals surface area contributed by atoms with Crippen LogP contribution in [0, 0.1) is 0 Å². The summed E-state index contributed by atoms with van der Waals surface area (Å²) in [6.45, 7) is 4.32. The molecule has 1 fully saturated rings. The van der Waals surface area contributed by atoms with Gasteiger partial charge in [0.2, 0.25) is 5.88 Å². The van der Waals surface area contributed by atoms with Crippen LogP contribution in [0.5, 0.6) is 5.88 Å². The molecule has 1 N–H and O–H groups in total. The molecule has 0 aromatic carbocycles. The number of carbonyl (C=O) groups is 1. The fourth-order valence-electron chi connectivity index (χ4n) is 2.46. The topological polar surface area (TPSA) is 51.2 Å². The van der Waals surface area contributed by atoms with Gasteiger partial charge in [-0.1, -0.05) is 25.6 Å². The molecular weight excluding hydrogens is 284 g/mol. The maximum absolute atomic E-state index is 11.3. The van der Waals surface area contributed by atoms with Gasteiger partial charge in [0.05, 0.1) is 0 Å². The van der Waals surface area contributed by atoms with Crippen molar-refractivity contribution in [1.29, 1.82) is 0 Å². The van der Waals surface area contributed by atoms with E-state index in [-0.39, 0.29) is 11.2 Å². The van der Waals surface area contributed by atoms with Crippen molar-refractivity contribution in [1.82, 2.24) is 10.3 Å². The Kier molecular flexibility index (Phi) is 6.06. The number of aromatic nitrogens is 1.